The van der Waals surface area contributed by atoms with Gasteiger partial charge in [-0.1, -0.05) is 18.7 Å². The number of hydrogen-bond donors (Lipinski definition) is 0. The minimum Gasteiger partial charge on any atom is -0.406 e. The zero-order chi connectivity index (χ0) is 24.0. The van der Waals surface area contributed by atoms with E-state index >= 15 is 0 Å². The average molecular weight is 466 g/mol. The molecule has 0 atom stereocenters. The Hall–Kier alpha value is -2.78. The highest BCUT2D eigenvalue weighted by Crippen LogP contribution is 2.26. The van der Waals surface area contributed by atoms with Crippen LogP contribution in [-0.4, -0.2) is 80.0 Å². The second kappa shape index (κ2) is 10.9. The Labute approximate surface area is 192 Å². The smallest absolute Gasteiger partial charge is 0.406 e. The highest BCUT2D eigenvalue weighted by atomic mass is 19.4. The highest BCUT2D eigenvalue weighted by molar-refractivity contribution is 6.01. The Kier molecular flexibility index (Phi) is 8.20. The number of piperazine rings is 1. The van der Waals surface area contributed by atoms with Crippen molar-refractivity contribution in [1.82, 2.24) is 14.7 Å². The van der Waals surface area contributed by atoms with Gasteiger partial charge in [-0.2, -0.15) is 0 Å². The fourth-order valence-corrected chi connectivity index (χ4v) is 3.90. The van der Waals surface area contributed by atoms with Crippen LogP contribution in [0.25, 0.3) is 0 Å². The minimum atomic E-state index is -4.73. The lowest BCUT2D eigenvalue weighted by atomic mass is 10.1. The third-order valence-electron chi connectivity index (χ3n) is 5.78. The third kappa shape index (κ3) is 7.10. The van der Waals surface area contributed by atoms with E-state index in [0.717, 1.165) is 50.6 Å². The van der Waals surface area contributed by atoms with E-state index in [2.05, 4.69) is 21.1 Å². The summed E-state index contributed by atoms with van der Waals surface area (Å²) in [6.45, 7) is 12.2. The van der Waals surface area contributed by atoms with Gasteiger partial charge in [0.25, 0.3) is 5.91 Å². The van der Waals surface area contributed by atoms with Gasteiger partial charge in [0.2, 0.25) is 0 Å². The number of ether oxygens (including phenoxy) is 2. The molecule has 9 heteroatoms. The Morgan fingerprint density at radius 2 is 1.82 bits per heavy atom. The van der Waals surface area contributed by atoms with E-state index in [0.29, 0.717) is 17.7 Å². The Morgan fingerprint density at radius 3 is 2.42 bits per heavy atom. The molecule has 1 aromatic rings. The van der Waals surface area contributed by atoms with Crippen LogP contribution < -0.4 is 4.74 Å². The number of benzene rings is 1. The molecular weight excluding hydrogens is 435 g/mol. The van der Waals surface area contributed by atoms with Gasteiger partial charge < -0.3 is 19.3 Å². The second-order valence-electron chi connectivity index (χ2n) is 8.17. The summed E-state index contributed by atoms with van der Waals surface area (Å²) >= 11 is 0. The van der Waals surface area contributed by atoms with Crippen LogP contribution >= 0.6 is 0 Å². The van der Waals surface area contributed by atoms with Crippen LogP contribution in [0.3, 0.4) is 0 Å². The number of alkyl halides is 3. The number of amides is 1. The molecule has 33 heavy (non-hydrogen) atoms. The van der Waals surface area contributed by atoms with Crippen molar-refractivity contribution in [3.8, 4) is 5.75 Å². The summed E-state index contributed by atoms with van der Waals surface area (Å²) in [6, 6.07) is 5.54. The molecular formula is C24H30F3N3O3. The van der Waals surface area contributed by atoms with Crippen LogP contribution in [0, 0.1) is 0 Å². The van der Waals surface area contributed by atoms with Crippen LogP contribution in [0.4, 0.5) is 13.2 Å². The molecule has 0 aromatic heterocycles. The normalized spacial score (nSPS) is 19.7. The first-order chi connectivity index (χ1) is 15.7. The summed E-state index contributed by atoms with van der Waals surface area (Å²) in [6.07, 6.45) is -0.958. The number of likely N-dealkylation sites (tertiary alicyclic amines) is 1. The molecule has 0 radical (unpaired) electrons. The molecule has 6 nitrogen and oxygen atoms in total. The molecule has 2 aliphatic heterocycles. The van der Waals surface area contributed by atoms with Crippen LogP contribution in [0.15, 0.2) is 59.8 Å². The SMILES string of the molecule is C=C1CN(Cc2ccc(OC(F)(F)F)cc2)C(=O)/C1=C/C=C(\C)N1CCN(CCOC)CC1. The summed E-state index contributed by atoms with van der Waals surface area (Å²) in [5, 5.41) is 0. The summed E-state index contributed by atoms with van der Waals surface area (Å²) in [4.78, 5) is 19.2. The predicted molar refractivity (Wildman–Crippen MR) is 119 cm³/mol. The molecule has 2 heterocycles. The van der Waals surface area contributed by atoms with Crippen molar-refractivity contribution in [2.45, 2.75) is 19.8 Å². The van der Waals surface area contributed by atoms with Gasteiger partial charge >= 0.3 is 6.36 Å². The predicted octanol–water partition coefficient (Wildman–Crippen LogP) is 3.58. The van der Waals surface area contributed by atoms with E-state index in [9.17, 15) is 18.0 Å². The zero-order valence-electron chi connectivity index (χ0n) is 19.0. The molecule has 3 rings (SSSR count). The number of nitrogens with zero attached hydrogens (tertiary/aromatic N) is 3. The molecule has 1 aromatic carbocycles. The van der Waals surface area contributed by atoms with Crippen molar-refractivity contribution in [3.05, 3.63) is 65.4 Å². The molecule has 0 bridgehead atoms. The van der Waals surface area contributed by atoms with Crippen molar-refractivity contribution >= 4 is 5.91 Å². The van der Waals surface area contributed by atoms with E-state index in [4.69, 9.17) is 4.74 Å². The Bertz CT molecular complexity index is 902. The van der Waals surface area contributed by atoms with Crippen LogP contribution in [0.2, 0.25) is 0 Å². The maximum Gasteiger partial charge on any atom is 0.573 e. The molecule has 0 spiro atoms. The molecule has 0 saturated carbocycles. The lowest BCUT2D eigenvalue weighted by Gasteiger charge is -2.36. The van der Waals surface area contributed by atoms with Gasteiger partial charge in [0.15, 0.2) is 0 Å². The van der Waals surface area contributed by atoms with Crippen molar-refractivity contribution < 1.29 is 27.4 Å². The minimum absolute atomic E-state index is 0.135. The zero-order valence-corrected chi connectivity index (χ0v) is 19.0. The molecule has 2 aliphatic rings. The molecule has 2 fully saturated rings. The summed E-state index contributed by atoms with van der Waals surface area (Å²) in [5.41, 5.74) is 3.09. The van der Waals surface area contributed by atoms with Gasteiger partial charge in [-0.15, -0.1) is 13.2 Å². The van der Waals surface area contributed by atoms with Gasteiger partial charge in [-0.25, -0.2) is 0 Å². The first-order valence-corrected chi connectivity index (χ1v) is 10.8. The maximum atomic E-state index is 12.9. The standard InChI is InChI=1S/C24H30F3N3O3/c1-18-16-30(17-20-5-7-21(8-6-20)33-24(25,26)27)23(31)22(18)9-4-19(2)29-12-10-28(11-13-29)14-15-32-3/h4-9H,1,10-17H2,2-3H3/b19-4+,22-9+. The monoisotopic (exact) mass is 465 g/mol. The van der Waals surface area contributed by atoms with Crippen LogP contribution in [-0.2, 0) is 16.1 Å². The van der Waals surface area contributed by atoms with Gasteiger partial charge in [0, 0.05) is 64.2 Å². The van der Waals surface area contributed by atoms with Crippen molar-refractivity contribution in [1.29, 1.82) is 0 Å². The highest BCUT2D eigenvalue weighted by Gasteiger charge is 2.31. The van der Waals surface area contributed by atoms with Crippen LogP contribution in [0.5, 0.6) is 5.75 Å². The Balaban J connectivity index is 1.57. The van der Waals surface area contributed by atoms with Gasteiger partial charge in [-0.3, -0.25) is 9.69 Å². The van der Waals surface area contributed by atoms with E-state index in [1.54, 1.807) is 12.0 Å². The number of carbonyl (C=O) groups is 1. The molecule has 1 amide bonds. The lowest BCUT2D eigenvalue weighted by Crippen LogP contribution is -2.46. The van der Waals surface area contributed by atoms with Gasteiger partial charge in [0.1, 0.15) is 5.75 Å². The number of halogens is 3. The van der Waals surface area contributed by atoms with E-state index in [1.165, 1.54) is 24.3 Å². The summed E-state index contributed by atoms with van der Waals surface area (Å²) in [5.74, 6) is -0.423. The Morgan fingerprint density at radius 1 is 1.15 bits per heavy atom. The van der Waals surface area contributed by atoms with Gasteiger partial charge in [-0.05, 0) is 42.3 Å². The number of carbonyl (C=O) groups excluding carboxylic acids is 1. The van der Waals surface area contributed by atoms with Crippen LogP contribution in [0.1, 0.15) is 12.5 Å². The van der Waals surface area contributed by atoms with Gasteiger partial charge in [0.05, 0.1) is 6.61 Å². The lowest BCUT2D eigenvalue weighted by molar-refractivity contribution is -0.274. The molecule has 2 saturated heterocycles. The number of rotatable bonds is 8. The first kappa shape index (κ1) is 24.9. The molecule has 0 aliphatic carbocycles. The summed E-state index contributed by atoms with van der Waals surface area (Å²) < 4.78 is 46.0. The first-order valence-electron chi connectivity index (χ1n) is 10.8. The van der Waals surface area contributed by atoms with E-state index < -0.39 is 6.36 Å². The number of allylic oxidation sites excluding steroid dienone is 3. The number of methoxy groups -OCH3 is 1. The van der Waals surface area contributed by atoms with Crippen molar-refractivity contribution in [2.24, 2.45) is 0 Å². The largest absolute Gasteiger partial charge is 0.573 e. The third-order valence-corrected chi connectivity index (χ3v) is 5.78. The van der Waals surface area contributed by atoms with E-state index in [1.807, 2.05) is 19.1 Å². The van der Waals surface area contributed by atoms with E-state index in [-0.39, 0.29) is 18.2 Å². The second-order valence-corrected chi connectivity index (χ2v) is 8.17. The molecule has 0 unspecified atom stereocenters. The van der Waals surface area contributed by atoms with Crippen molar-refractivity contribution in [3.63, 3.8) is 0 Å². The van der Waals surface area contributed by atoms with Crippen molar-refractivity contribution in [2.75, 3.05) is 53.0 Å². The maximum absolute atomic E-state index is 12.9. The molecule has 0 N–H and O–H groups in total. The average Bonchev–Trinajstić information content (AvgIpc) is 3.03. The fraction of sp³-hybridized carbons (Fsp3) is 0.458. The fourth-order valence-electron chi connectivity index (χ4n) is 3.90. The summed E-state index contributed by atoms with van der Waals surface area (Å²) in [7, 11) is 1.71. The molecule has 180 valence electrons. The topological polar surface area (TPSA) is 45.2 Å². The number of hydrogen-bond acceptors (Lipinski definition) is 5. The quantitative estimate of drug-likeness (QED) is 0.550.